The lowest BCUT2D eigenvalue weighted by molar-refractivity contribution is 0.503. The highest BCUT2D eigenvalue weighted by molar-refractivity contribution is 8.70. The van der Waals surface area contributed by atoms with E-state index < -0.39 is 9.15 Å². The fraction of sp³-hybridized carbons (Fsp3) is 0.889. The number of amidine groups is 1. The topological polar surface area (TPSA) is 92.8 Å². The van der Waals surface area contributed by atoms with Gasteiger partial charge in [0.25, 0.3) is 0 Å². The Bertz CT molecular complexity index is 333. The second-order valence-electron chi connectivity index (χ2n) is 3.96. The van der Waals surface area contributed by atoms with E-state index in [0.29, 0.717) is 16.6 Å². The Morgan fingerprint density at radius 1 is 1.31 bits per heavy atom. The van der Waals surface area contributed by atoms with Gasteiger partial charge in [-0.05, 0) is 12.8 Å². The van der Waals surface area contributed by atoms with Gasteiger partial charge in [0.15, 0.2) is 0 Å². The van der Waals surface area contributed by atoms with Crippen LogP contribution in [-0.4, -0.2) is 30.6 Å². The molecule has 1 rings (SSSR count). The van der Waals surface area contributed by atoms with Crippen molar-refractivity contribution >= 4 is 25.8 Å². The van der Waals surface area contributed by atoms with Crippen LogP contribution in [-0.2, 0) is 9.15 Å². The van der Waals surface area contributed by atoms with Gasteiger partial charge in [-0.15, -0.1) is 0 Å². The second-order valence-corrected chi connectivity index (χ2v) is 7.31. The predicted octanol–water partition coefficient (Wildman–Crippen LogP) is 1.60. The number of hydrogen-bond donors (Lipinski definition) is 2. The molecule has 0 bridgehead atoms. The lowest BCUT2D eigenvalue weighted by Crippen LogP contribution is -2.19. The molecular weight excluding hydrogens is 248 g/mol. The molecule has 1 aliphatic rings. The maximum atomic E-state index is 10.5. The summed E-state index contributed by atoms with van der Waals surface area (Å²) in [6, 6.07) is 0.226. The number of aliphatic imine (C=N–C) groups is 1. The molecule has 0 heterocycles. The van der Waals surface area contributed by atoms with Crippen molar-refractivity contribution in [2.45, 2.75) is 44.6 Å². The van der Waals surface area contributed by atoms with Crippen LogP contribution in [0.4, 0.5) is 0 Å². The van der Waals surface area contributed by atoms with E-state index in [1.54, 1.807) is 0 Å². The van der Waals surface area contributed by atoms with Crippen LogP contribution >= 0.6 is 10.8 Å². The zero-order valence-corrected chi connectivity index (χ0v) is 10.8. The van der Waals surface area contributed by atoms with Gasteiger partial charge in [-0.1, -0.05) is 25.7 Å². The molecule has 16 heavy (non-hydrogen) atoms. The van der Waals surface area contributed by atoms with E-state index in [1.807, 2.05) is 0 Å². The molecule has 0 saturated heterocycles. The van der Waals surface area contributed by atoms with Crippen molar-refractivity contribution in [3.63, 3.8) is 0 Å². The minimum atomic E-state index is -4.01. The quantitative estimate of drug-likeness (QED) is 0.265. The van der Waals surface area contributed by atoms with E-state index in [-0.39, 0.29) is 11.8 Å². The van der Waals surface area contributed by atoms with Crippen molar-refractivity contribution in [3.05, 3.63) is 0 Å². The molecule has 0 aromatic heterocycles. The number of nitrogens with two attached hydrogens (primary N) is 1. The fourth-order valence-corrected chi connectivity index (χ4v) is 2.95. The summed E-state index contributed by atoms with van der Waals surface area (Å²) in [7, 11) is -3.60. The van der Waals surface area contributed by atoms with Gasteiger partial charge in [0.2, 0.25) is 0 Å². The minimum absolute atomic E-state index is 0.0370. The molecule has 3 N–H and O–H groups in total. The predicted molar refractivity (Wildman–Crippen MR) is 67.1 cm³/mol. The van der Waals surface area contributed by atoms with Gasteiger partial charge < -0.3 is 5.73 Å². The molecule has 1 aliphatic carbocycles. The summed E-state index contributed by atoms with van der Waals surface area (Å²) < 4.78 is 29.5. The van der Waals surface area contributed by atoms with Crippen LogP contribution in [0.5, 0.6) is 0 Å². The van der Waals surface area contributed by atoms with E-state index in [4.69, 9.17) is 10.3 Å². The summed E-state index contributed by atoms with van der Waals surface area (Å²) in [4.78, 5) is 4.30. The molecule has 0 aromatic rings. The molecule has 5 nitrogen and oxygen atoms in total. The molecule has 1 fully saturated rings. The molecule has 0 aliphatic heterocycles. The number of rotatable bonds is 4. The smallest absolute Gasteiger partial charge is 0.320 e. The largest absolute Gasteiger partial charge is 0.387 e. The maximum Gasteiger partial charge on any atom is 0.320 e. The standard InChI is InChI=1S/C9H18N2O3S2/c10-9(7-15-16(12,13)14)11-8-5-3-1-2-4-6-8/h8H,1-7H2,(H2,10,11)(H,12,13,14). The summed E-state index contributed by atoms with van der Waals surface area (Å²) >= 11 is 0. The first kappa shape index (κ1) is 13.8. The highest BCUT2D eigenvalue weighted by Gasteiger charge is 2.12. The second kappa shape index (κ2) is 6.46. The molecule has 0 amide bonds. The van der Waals surface area contributed by atoms with Gasteiger partial charge in [-0.25, -0.2) is 0 Å². The van der Waals surface area contributed by atoms with Crippen molar-refractivity contribution in [2.75, 3.05) is 5.75 Å². The lowest BCUT2D eigenvalue weighted by atomic mass is 10.1. The zero-order valence-electron chi connectivity index (χ0n) is 9.13. The molecule has 0 atom stereocenters. The van der Waals surface area contributed by atoms with Crippen molar-refractivity contribution in [3.8, 4) is 0 Å². The molecule has 0 spiro atoms. The summed E-state index contributed by atoms with van der Waals surface area (Å²) in [5, 5.41) is 0. The molecule has 1 saturated carbocycles. The van der Waals surface area contributed by atoms with E-state index >= 15 is 0 Å². The summed E-state index contributed by atoms with van der Waals surface area (Å²) in [5.41, 5.74) is 5.62. The van der Waals surface area contributed by atoms with Crippen LogP contribution in [0.25, 0.3) is 0 Å². The molecule has 94 valence electrons. The van der Waals surface area contributed by atoms with Crippen molar-refractivity contribution in [1.29, 1.82) is 0 Å². The maximum absolute atomic E-state index is 10.5. The van der Waals surface area contributed by atoms with Gasteiger partial charge >= 0.3 is 9.15 Å². The van der Waals surface area contributed by atoms with Gasteiger partial charge in [0.1, 0.15) is 5.84 Å². The Hall–Kier alpha value is -0.270. The van der Waals surface area contributed by atoms with E-state index in [1.165, 1.54) is 12.8 Å². The monoisotopic (exact) mass is 266 g/mol. The molecule has 0 radical (unpaired) electrons. The van der Waals surface area contributed by atoms with E-state index in [9.17, 15) is 8.42 Å². The van der Waals surface area contributed by atoms with Crippen LogP contribution in [0.15, 0.2) is 4.99 Å². The van der Waals surface area contributed by atoms with Crippen molar-refractivity contribution < 1.29 is 13.0 Å². The van der Waals surface area contributed by atoms with Crippen molar-refractivity contribution in [2.24, 2.45) is 10.7 Å². The third kappa shape index (κ3) is 6.34. The summed E-state index contributed by atoms with van der Waals surface area (Å²) in [6.45, 7) is 0. The Morgan fingerprint density at radius 2 is 1.88 bits per heavy atom. The molecule has 7 heteroatoms. The first-order chi connectivity index (χ1) is 7.47. The highest BCUT2D eigenvalue weighted by Crippen LogP contribution is 2.20. The Labute approximate surface area is 100 Å². The average molecular weight is 266 g/mol. The first-order valence-corrected chi connectivity index (χ1v) is 8.35. The Kier molecular flexibility index (Phi) is 5.57. The van der Waals surface area contributed by atoms with Gasteiger partial charge in [0.05, 0.1) is 11.8 Å². The summed E-state index contributed by atoms with van der Waals surface area (Å²) in [5.74, 6) is 0.338. The molecule has 0 unspecified atom stereocenters. The molecular formula is C9H18N2O3S2. The SMILES string of the molecule is NC(CSS(=O)(=O)O)=NC1CCCCCC1. The Morgan fingerprint density at radius 3 is 2.38 bits per heavy atom. The van der Waals surface area contributed by atoms with Crippen LogP contribution < -0.4 is 5.73 Å². The van der Waals surface area contributed by atoms with Crippen LogP contribution in [0.2, 0.25) is 0 Å². The fourth-order valence-electron chi connectivity index (χ4n) is 1.79. The van der Waals surface area contributed by atoms with Gasteiger partial charge in [-0.2, -0.15) is 8.42 Å². The van der Waals surface area contributed by atoms with Crippen molar-refractivity contribution in [1.82, 2.24) is 0 Å². The first-order valence-electron chi connectivity index (χ1n) is 5.41. The van der Waals surface area contributed by atoms with E-state index in [2.05, 4.69) is 4.99 Å². The number of nitrogens with zero attached hydrogens (tertiary/aromatic N) is 1. The van der Waals surface area contributed by atoms with Crippen LogP contribution in [0.1, 0.15) is 38.5 Å². The minimum Gasteiger partial charge on any atom is -0.387 e. The molecule has 0 aromatic carbocycles. The normalized spacial score (nSPS) is 20.7. The average Bonchev–Trinajstić information content (AvgIpc) is 2.42. The van der Waals surface area contributed by atoms with Gasteiger partial charge in [0, 0.05) is 10.8 Å². The summed E-state index contributed by atoms with van der Waals surface area (Å²) in [6.07, 6.45) is 6.85. The third-order valence-electron chi connectivity index (χ3n) is 2.53. The Balaban J connectivity index is 2.41. The zero-order chi connectivity index (χ0) is 12.0. The third-order valence-corrected chi connectivity index (χ3v) is 4.49. The number of hydrogen-bond acceptors (Lipinski definition) is 4. The van der Waals surface area contributed by atoms with Crippen LogP contribution in [0, 0.1) is 0 Å². The highest BCUT2D eigenvalue weighted by atomic mass is 33.1. The van der Waals surface area contributed by atoms with Crippen LogP contribution in [0.3, 0.4) is 0 Å². The van der Waals surface area contributed by atoms with Gasteiger partial charge in [-0.3, -0.25) is 9.55 Å². The van der Waals surface area contributed by atoms with E-state index in [0.717, 1.165) is 25.7 Å². The lowest BCUT2D eigenvalue weighted by Gasteiger charge is -2.09.